The van der Waals surface area contributed by atoms with Crippen molar-refractivity contribution in [1.29, 1.82) is 0 Å². The van der Waals surface area contributed by atoms with Gasteiger partial charge in [0.25, 0.3) is 5.56 Å². The van der Waals surface area contributed by atoms with Gasteiger partial charge in [-0.1, -0.05) is 59.6 Å². The first kappa shape index (κ1) is 34.5. The fourth-order valence-corrected chi connectivity index (χ4v) is 6.57. The summed E-state index contributed by atoms with van der Waals surface area (Å²) >= 11 is 14.0. The van der Waals surface area contributed by atoms with Gasteiger partial charge in [-0.05, 0) is 31.0 Å². The fraction of sp³-hybridized carbons (Fsp3) is 0.278. The number of aromatic nitrogens is 3. The molecule has 2 atom stereocenters. The van der Waals surface area contributed by atoms with E-state index >= 15 is 4.39 Å². The number of nitrogens with one attached hydrogen (secondary N) is 3. The molecule has 6 rings (SSSR count). The highest BCUT2D eigenvalue weighted by molar-refractivity contribution is 6.39. The van der Waals surface area contributed by atoms with E-state index in [0.717, 1.165) is 12.0 Å². The highest BCUT2D eigenvalue weighted by atomic mass is 35.5. The Hall–Kier alpha value is -4.39. The molecule has 5 aromatic rings. The predicted molar refractivity (Wildman–Crippen MR) is 188 cm³/mol. The van der Waals surface area contributed by atoms with Crippen molar-refractivity contribution in [2.45, 2.75) is 45.0 Å². The molecule has 2 aromatic carbocycles. The van der Waals surface area contributed by atoms with Crippen LogP contribution in [0.5, 0.6) is 5.88 Å². The third-order valence-electron chi connectivity index (χ3n) is 8.41. The number of aliphatic hydroxyl groups excluding tert-OH is 1. The minimum atomic E-state index is -0.529. The first-order chi connectivity index (χ1) is 23.6. The molecule has 1 amide bonds. The van der Waals surface area contributed by atoms with Crippen LogP contribution in [-0.4, -0.2) is 57.7 Å². The molecule has 10 nitrogen and oxygen atoms in total. The van der Waals surface area contributed by atoms with Gasteiger partial charge in [-0.2, -0.15) is 0 Å². The molecule has 1 saturated heterocycles. The van der Waals surface area contributed by atoms with Gasteiger partial charge in [-0.25, -0.2) is 14.4 Å². The average Bonchev–Trinajstić information content (AvgIpc) is 3.51. The number of pyridine rings is 2. The molecule has 0 radical (unpaired) electrons. The molecule has 3 aromatic heterocycles. The van der Waals surface area contributed by atoms with E-state index in [-0.39, 0.29) is 42.0 Å². The second kappa shape index (κ2) is 15.0. The van der Waals surface area contributed by atoms with Crippen LogP contribution >= 0.6 is 23.2 Å². The molecule has 0 saturated carbocycles. The molecular formula is C36H35Cl2FN6O4. The number of hydrogen-bond acceptors (Lipinski definition) is 8. The Labute approximate surface area is 292 Å². The topological polar surface area (TPSA) is 130 Å². The summed E-state index contributed by atoms with van der Waals surface area (Å²) in [6.07, 6.45) is 3.89. The second-order valence-corrected chi connectivity index (χ2v) is 12.7. The second-order valence-electron chi connectivity index (χ2n) is 12.0. The summed E-state index contributed by atoms with van der Waals surface area (Å²) in [4.78, 5) is 33.6. The standard InChI is InChI=1S/C36H35Cl2FN6O4/c1-20(46)15-40-16-22-17-42-31-13-21(11-12-45(31)36(22)48)24-5-3-6-25(33(24)37)26-7-4-8-27(34(26)38)30-14-29(39)28(35(44-30)49-2)19-41-18-23-9-10-32(47)43-23/h3-8,11-14,17,20,23,40-41,46H,9-10,15-16,18-19H2,1-2H3,(H,43,47)/t20?,23-/m0/s1. The van der Waals surface area contributed by atoms with Gasteiger partial charge in [0.2, 0.25) is 11.8 Å². The first-order valence-corrected chi connectivity index (χ1v) is 16.6. The molecule has 0 spiro atoms. The van der Waals surface area contributed by atoms with E-state index in [0.29, 0.717) is 68.7 Å². The average molecular weight is 706 g/mol. The van der Waals surface area contributed by atoms with Crippen LogP contribution in [0.3, 0.4) is 0 Å². The number of benzene rings is 2. The molecule has 254 valence electrons. The number of nitrogens with zero attached hydrogens (tertiary/aromatic N) is 3. The Kier molecular flexibility index (Phi) is 10.6. The quantitative estimate of drug-likeness (QED) is 0.136. The minimum Gasteiger partial charge on any atom is -0.481 e. The minimum absolute atomic E-state index is 0.00600. The molecule has 0 aliphatic carbocycles. The molecule has 1 aliphatic heterocycles. The number of carbonyl (C=O) groups excluding carboxylic acids is 1. The number of hydrogen-bond donors (Lipinski definition) is 4. The van der Waals surface area contributed by atoms with Gasteiger partial charge >= 0.3 is 0 Å². The Balaban J connectivity index is 1.28. The van der Waals surface area contributed by atoms with Crippen LogP contribution in [0, 0.1) is 5.82 Å². The fourth-order valence-electron chi connectivity index (χ4n) is 5.91. The lowest BCUT2D eigenvalue weighted by Gasteiger charge is -2.16. The highest BCUT2D eigenvalue weighted by Crippen LogP contribution is 2.42. The van der Waals surface area contributed by atoms with Gasteiger partial charge in [0, 0.05) is 84.9 Å². The van der Waals surface area contributed by atoms with Crippen molar-refractivity contribution >= 4 is 34.8 Å². The van der Waals surface area contributed by atoms with Crippen LogP contribution in [0.15, 0.2) is 71.8 Å². The van der Waals surface area contributed by atoms with E-state index in [1.807, 2.05) is 24.3 Å². The third kappa shape index (κ3) is 7.46. The van der Waals surface area contributed by atoms with Crippen molar-refractivity contribution in [2.75, 3.05) is 20.2 Å². The van der Waals surface area contributed by atoms with Crippen LogP contribution < -0.4 is 26.2 Å². The lowest BCUT2D eigenvalue weighted by atomic mass is 9.97. The predicted octanol–water partition coefficient (Wildman–Crippen LogP) is 5.38. The summed E-state index contributed by atoms with van der Waals surface area (Å²) in [6.45, 7) is 2.99. The SMILES string of the molecule is COc1nc(-c2cccc(-c3cccc(-c4ccn5c(=O)c(CNCC(C)O)cnc5c4)c3Cl)c2Cl)cc(F)c1CNC[C@@H]1CCC(=O)N1. The summed E-state index contributed by atoms with van der Waals surface area (Å²) in [5.41, 5.74) is 4.54. The summed E-state index contributed by atoms with van der Waals surface area (Å²) in [5.74, 6) is -0.351. The zero-order valence-electron chi connectivity index (χ0n) is 26.9. The van der Waals surface area contributed by atoms with Crippen molar-refractivity contribution in [3.8, 4) is 39.4 Å². The van der Waals surface area contributed by atoms with Crippen molar-refractivity contribution in [1.82, 2.24) is 30.3 Å². The molecular weight excluding hydrogens is 670 g/mol. The lowest BCUT2D eigenvalue weighted by molar-refractivity contribution is -0.119. The molecule has 4 N–H and O–H groups in total. The zero-order valence-corrected chi connectivity index (χ0v) is 28.4. The van der Waals surface area contributed by atoms with E-state index < -0.39 is 11.9 Å². The first-order valence-electron chi connectivity index (χ1n) is 15.8. The normalized spacial score (nSPS) is 15.1. The Bertz CT molecular complexity index is 2090. The van der Waals surface area contributed by atoms with Crippen molar-refractivity contribution in [3.05, 3.63) is 104 Å². The van der Waals surface area contributed by atoms with Crippen LogP contribution in [0.2, 0.25) is 10.0 Å². The summed E-state index contributed by atoms with van der Waals surface area (Å²) in [6, 6.07) is 15.9. The maximum Gasteiger partial charge on any atom is 0.262 e. The Morgan fingerprint density at radius 3 is 2.45 bits per heavy atom. The number of fused-ring (bicyclic) bond motifs is 1. The number of methoxy groups -OCH3 is 1. The largest absolute Gasteiger partial charge is 0.481 e. The Morgan fingerprint density at radius 1 is 1.04 bits per heavy atom. The number of carbonyl (C=O) groups is 1. The summed E-state index contributed by atoms with van der Waals surface area (Å²) < 4.78 is 22.5. The number of rotatable bonds is 12. The van der Waals surface area contributed by atoms with Crippen molar-refractivity contribution in [2.24, 2.45) is 0 Å². The molecule has 1 fully saturated rings. The van der Waals surface area contributed by atoms with E-state index in [4.69, 9.17) is 27.9 Å². The molecule has 49 heavy (non-hydrogen) atoms. The Morgan fingerprint density at radius 2 is 1.76 bits per heavy atom. The number of ether oxygens (including phenoxy) is 1. The zero-order chi connectivity index (χ0) is 34.7. The van der Waals surface area contributed by atoms with Crippen LogP contribution in [0.25, 0.3) is 39.2 Å². The molecule has 1 aliphatic rings. The van der Waals surface area contributed by atoms with E-state index in [1.54, 1.807) is 37.4 Å². The van der Waals surface area contributed by atoms with Gasteiger partial charge < -0.3 is 25.8 Å². The van der Waals surface area contributed by atoms with E-state index in [9.17, 15) is 14.7 Å². The van der Waals surface area contributed by atoms with Crippen LogP contribution in [0.4, 0.5) is 4.39 Å². The van der Waals surface area contributed by atoms with Crippen LogP contribution in [-0.2, 0) is 17.9 Å². The highest BCUT2D eigenvalue weighted by Gasteiger charge is 2.22. The van der Waals surface area contributed by atoms with Gasteiger partial charge in [0.15, 0.2) is 0 Å². The number of halogens is 3. The maximum absolute atomic E-state index is 15.5. The molecule has 4 heterocycles. The van der Waals surface area contributed by atoms with E-state index in [1.165, 1.54) is 23.8 Å². The van der Waals surface area contributed by atoms with Crippen molar-refractivity contribution in [3.63, 3.8) is 0 Å². The van der Waals surface area contributed by atoms with Crippen molar-refractivity contribution < 1.29 is 19.0 Å². The summed E-state index contributed by atoms with van der Waals surface area (Å²) in [7, 11) is 1.43. The molecule has 0 bridgehead atoms. The number of amides is 1. The van der Waals surface area contributed by atoms with Gasteiger partial charge in [-0.3, -0.25) is 14.0 Å². The summed E-state index contributed by atoms with van der Waals surface area (Å²) in [5, 5.41) is 19.4. The van der Waals surface area contributed by atoms with Gasteiger partial charge in [0.1, 0.15) is 11.5 Å². The lowest BCUT2D eigenvalue weighted by Crippen LogP contribution is -2.35. The van der Waals surface area contributed by atoms with E-state index in [2.05, 4.69) is 25.9 Å². The van der Waals surface area contributed by atoms with Crippen LogP contribution in [0.1, 0.15) is 30.9 Å². The van der Waals surface area contributed by atoms with Gasteiger partial charge in [0.05, 0.1) is 34.5 Å². The maximum atomic E-state index is 15.5. The smallest absolute Gasteiger partial charge is 0.262 e. The molecule has 1 unspecified atom stereocenters. The van der Waals surface area contributed by atoms with Gasteiger partial charge in [-0.15, -0.1) is 0 Å². The number of aliphatic hydroxyl groups is 1. The monoisotopic (exact) mass is 704 g/mol. The molecule has 13 heteroatoms. The third-order valence-corrected chi connectivity index (χ3v) is 9.23.